The van der Waals surface area contributed by atoms with Gasteiger partial charge in [0.25, 0.3) is 0 Å². The molecule has 1 aliphatic rings. The average molecular weight is 413 g/mol. The number of H-pyrrole nitrogens is 1. The summed E-state index contributed by atoms with van der Waals surface area (Å²) in [4.78, 5) is 12.5. The number of halogens is 2. The molecular formula is C20H17F2N5OS. The molecule has 0 aliphatic heterocycles. The highest BCUT2D eigenvalue weighted by atomic mass is 32.2. The molecule has 0 radical (unpaired) electrons. The number of aromatic amines is 1. The number of pyridine rings is 1. The van der Waals surface area contributed by atoms with Crippen LogP contribution in [0.4, 0.5) is 14.6 Å². The molecular weight excluding hydrogens is 396 g/mol. The van der Waals surface area contributed by atoms with Crippen LogP contribution in [0, 0.1) is 18.7 Å². The summed E-state index contributed by atoms with van der Waals surface area (Å²) in [7, 11) is 0. The number of nitrogens with one attached hydrogen (secondary N) is 2. The zero-order valence-corrected chi connectivity index (χ0v) is 16.5. The number of rotatable bonds is 4. The Balaban J connectivity index is 1.58. The molecule has 0 spiro atoms. The van der Waals surface area contributed by atoms with Crippen LogP contribution in [0.1, 0.15) is 12.0 Å². The number of hydrogen-bond acceptors (Lipinski definition) is 4. The monoisotopic (exact) mass is 413 g/mol. The summed E-state index contributed by atoms with van der Waals surface area (Å²) in [5.41, 5.74) is 3.52. The van der Waals surface area contributed by atoms with Crippen molar-refractivity contribution in [1.29, 1.82) is 0 Å². The molecule has 1 saturated carbocycles. The summed E-state index contributed by atoms with van der Waals surface area (Å²) in [5, 5.41) is 14.8. The second kappa shape index (κ2) is 6.55. The summed E-state index contributed by atoms with van der Waals surface area (Å²) in [6, 6.07) is 5.44. The summed E-state index contributed by atoms with van der Waals surface area (Å²) in [5.74, 6) is -0.840. The van der Waals surface area contributed by atoms with Crippen molar-refractivity contribution >= 4 is 39.9 Å². The molecule has 2 N–H and O–H groups in total. The number of hydrogen-bond donors (Lipinski definition) is 2. The molecule has 0 saturated heterocycles. The van der Waals surface area contributed by atoms with E-state index >= 15 is 0 Å². The number of carbonyl (C=O) groups is 1. The van der Waals surface area contributed by atoms with Gasteiger partial charge in [-0.15, -0.1) is 11.8 Å². The number of anilines is 1. The van der Waals surface area contributed by atoms with E-state index in [1.54, 1.807) is 29.9 Å². The van der Waals surface area contributed by atoms with Gasteiger partial charge in [0, 0.05) is 17.6 Å². The Kier molecular flexibility index (Phi) is 4.09. The highest BCUT2D eigenvalue weighted by Crippen LogP contribution is 2.39. The van der Waals surface area contributed by atoms with Crippen LogP contribution in [0.15, 0.2) is 35.5 Å². The first kappa shape index (κ1) is 18.1. The first-order valence-electron chi connectivity index (χ1n) is 9.11. The summed E-state index contributed by atoms with van der Waals surface area (Å²) >= 11 is 1.34. The van der Waals surface area contributed by atoms with Crippen molar-refractivity contribution in [3.8, 4) is 11.1 Å². The maximum absolute atomic E-state index is 15.0. The van der Waals surface area contributed by atoms with Crippen LogP contribution in [-0.4, -0.2) is 38.1 Å². The summed E-state index contributed by atoms with van der Waals surface area (Å²) < 4.78 is 29.7. The maximum Gasteiger partial charge on any atom is 0.231 e. The summed E-state index contributed by atoms with van der Waals surface area (Å²) in [6.07, 6.45) is 4.49. The van der Waals surface area contributed by atoms with E-state index in [9.17, 15) is 13.6 Å². The lowest BCUT2D eigenvalue weighted by atomic mass is 9.97. The Hall–Kier alpha value is -2.94. The number of nitrogens with zero attached hydrogens (tertiary/aromatic N) is 3. The van der Waals surface area contributed by atoms with Crippen LogP contribution >= 0.6 is 11.8 Å². The molecule has 1 aliphatic carbocycles. The number of benzene rings is 1. The molecule has 4 aromatic rings. The van der Waals surface area contributed by atoms with E-state index in [-0.39, 0.29) is 18.1 Å². The molecule has 5 rings (SSSR count). The number of alkyl halides is 1. The SMILES string of the molecule is CSc1c(F)c(C)c(-c2ccn3nc(NC(=O)[C@@H]4C[C@H]4F)cc3c2)c2cn[nH]c12. The van der Waals surface area contributed by atoms with Gasteiger partial charge >= 0.3 is 0 Å². The predicted molar refractivity (Wildman–Crippen MR) is 108 cm³/mol. The molecule has 29 heavy (non-hydrogen) atoms. The zero-order valence-electron chi connectivity index (χ0n) is 15.7. The fourth-order valence-electron chi connectivity index (χ4n) is 3.67. The fraction of sp³-hybridized carbons (Fsp3) is 0.250. The third-order valence-corrected chi connectivity index (χ3v) is 6.09. The molecule has 6 nitrogen and oxygen atoms in total. The standard InChI is InChI=1S/C20H17F2N5OS/c1-9-16(13-8-23-25-18(13)19(29-2)17(9)22)10-3-4-27-11(5-10)6-15(26-27)24-20(28)12-7-14(12)21/h3-6,8,12,14H,7H2,1-2H3,(H,23,25)(H,24,26,28)/t12-,14-/m1/s1. The highest BCUT2D eigenvalue weighted by Gasteiger charge is 2.43. The van der Waals surface area contributed by atoms with Gasteiger partial charge in [0.05, 0.1) is 28.0 Å². The van der Waals surface area contributed by atoms with Crippen LogP contribution in [0.5, 0.6) is 0 Å². The van der Waals surface area contributed by atoms with Crippen LogP contribution in [0.3, 0.4) is 0 Å². The van der Waals surface area contributed by atoms with Crippen molar-refractivity contribution in [2.24, 2.45) is 5.92 Å². The third kappa shape index (κ3) is 2.88. The molecule has 1 fully saturated rings. The smallest absolute Gasteiger partial charge is 0.231 e. The van der Waals surface area contributed by atoms with Gasteiger partial charge in [-0.1, -0.05) is 0 Å². The molecule has 0 bridgehead atoms. The van der Waals surface area contributed by atoms with E-state index in [2.05, 4.69) is 20.6 Å². The lowest BCUT2D eigenvalue weighted by Crippen LogP contribution is -2.15. The van der Waals surface area contributed by atoms with Crippen molar-refractivity contribution in [3.63, 3.8) is 0 Å². The van der Waals surface area contributed by atoms with Crippen molar-refractivity contribution in [2.75, 3.05) is 11.6 Å². The average Bonchev–Trinajstić information content (AvgIpc) is 3.08. The Morgan fingerprint density at radius 3 is 2.93 bits per heavy atom. The normalized spacial score (nSPS) is 18.5. The molecule has 9 heteroatoms. The van der Waals surface area contributed by atoms with Gasteiger partial charge in [-0.3, -0.25) is 9.89 Å². The van der Waals surface area contributed by atoms with Crippen LogP contribution in [0.25, 0.3) is 27.5 Å². The van der Waals surface area contributed by atoms with Crippen molar-refractivity contribution in [3.05, 3.63) is 42.0 Å². The first-order valence-corrected chi connectivity index (χ1v) is 10.3. The van der Waals surface area contributed by atoms with Crippen LogP contribution in [0.2, 0.25) is 0 Å². The minimum atomic E-state index is -1.06. The van der Waals surface area contributed by atoms with Gasteiger partial charge in [0.15, 0.2) is 5.82 Å². The van der Waals surface area contributed by atoms with Gasteiger partial charge in [0.1, 0.15) is 12.0 Å². The fourth-order valence-corrected chi connectivity index (χ4v) is 4.36. The Morgan fingerprint density at radius 1 is 1.41 bits per heavy atom. The molecule has 0 unspecified atom stereocenters. The minimum Gasteiger partial charge on any atom is -0.309 e. The molecule has 1 aromatic carbocycles. The largest absolute Gasteiger partial charge is 0.309 e. The van der Waals surface area contributed by atoms with Gasteiger partial charge < -0.3 is 5.32 Å². The number of thioether (sulfide) groups is 1. The van der Waals surface area contributed by atoms with Gasteiger partial charge in [-0.25, -0.2) is 13.3 Å². The lowest BCUT2D eigenvalue weighted by molar-refractivity contribution is -0.117. The van der Waals surface area contributed by atoms with Gasteiger partial charge in [-0.2, -0.15) is 10.2 Å². The van der Waals surface area contributed by atoms with E-state index in [0.29, 0.717) is 21.8 Å². The Labute approximate surface area is 168 Å². The highest BCUT2D eigenvalue weighted by molar-refractivity contribution is 7.98. The van der Waals surface area contributed by atoms with Gasteiger partial charge in [0.2, 0.25) is 5.91 Å². The molecule has 3 aromatic heterocycles. The van der Waals surface area contributed by atoms with Crippen molar-refractivity contribution in [2.45, 2.75) is 24.4 Å². The van der Waals surface area contributed by atoms with Crippen LogP contribution < -0.4 is 5.32 Å². The predicted octanol–water partition coefficient (Wildman–Crippen LogP) is 4.34. The molecule has 148 valence electrons. The second-order valence-electron chi connectivity index (χ2n) is 7.17. The van der Waals surface area contributed by atoms with Crippen molar-refractivity contribution < 1.29 is 13.6 Å². The van der Waals surface area contributed by atoms with Crippen molar-refractivity contribution in [1.82, 2.24) is 19.8 Å². The zero-order chi connectivity index (χ0) is 20.3. The molecule has 2 atom stereocenters. The third-order valence-electron chi connectivity index (χ3n) is 5.30. The second-order valence-corrected chi connectivity index (χ2v) is 7.98. The Bertz CT molecular complexity index is 1280. The number of aromatic nitrogens is 4. The molecule has 1 amide bonds. The van der Waals surface area contributed by atoms with E-state index in [1.807, 2.05) is 18.4 Å². The number of carbonyl (C=O) groups excluding carboxylic acids is 1. The number of fused-ring (bicyclic) bond motifs is 2. The van der Waals surface area contributed by atoms with E-state index in [1.165, 1.54) is 11.8 Å². The van der Waals surface area contributed by atoms with E-state index in [0.717, 1.165) is 22.0 Å². The van der Waals surface area contributed by atoms with E-state index in [4.69, 9.17) is 0 Å². The minimum absolute atomic E-state index is 0.265. The maximum atomic E-state index is 15.0. The quantitative estimate of drug-likeness (QED) is 0.488. The van der Waals surface area contributed by atoms with Gasteiger partial charge in [-0.05, 0) is 48.4 Å². The lowest BCUT2D eigenvalue weighted by Gasteiger charge is -2.12. The van der Waals surface area contributed by atoms with E-state index < -0.39 is 12.1 Å². The summed E-state index contributed by atoms with van der Waals surface area (Å²) in [6.45, 7) is 1.76. The Morgan fingerprint density at radius 2 is 2.21 bits per heavy atom. The molecule has 3 heterocycles. The topological polar surface area (TPSA) is 75.1 Å². The van der Waals surface area contributed by atoms with Crippen LogP contribution in [-0.2, 0) is 4.79 Å². The first-order chi connectivity index (χ1) is 14.0. The number of amides is 1.